The van der Waals surface area contributed by atoms with Crippen LogP contribution in [0.3, 0.4) is 0 Å². The van der Waals surface area contributed by atoms with Crippen LogP contribution >= 0.6 is 0 Å². The third-order valence-corrected chi connectivity index (χ3v) is 3.07. The Bertz CT molecular complexity index is 696. The lowest BCUT2D eigenvalue weighted by Crippen LogP contribution is -2.31. The molecule has 2 aromatic carbocycles. The first-order valence-corrected chi connectivity index (χ1v) is 6.91. The van der Waals surface area contributed by atoms with Crippen molar-refractivity contribution < 1.29 is 9.59 Å². The topological polar surface area (TPSA) is 70.9 Å². The molecule has 1 N–H and O–H groups in total. The van der Waals surface area contributed by atoms with Crippen molar-refractivity contribution in [1.29, 1.82) is 0 Å². The van der Waals surface area contributed by atoms with Gasteiger partial charge in [0.1, 0.15) is 0 Å². The van der Waals surface area contributed by atoms with Gasteiger partial charge in [0.25, 0.3) is 5.91 Å². The molecule has 0 spiro atoms. The van der Waals surface area contributed by atoms with E-state index in [-0.39, 0.29) is 5.78 Å². The Balaban J connectivity index is 2.15. The van der Waals surface area contributed by atoms with E-state index in [9.17, 15) is 9.59 Å². The number of para-hydroxylation sites is 1. The molecule has 0 bridgehead atoms. The molecule has 22 heavy (non-hydrogen) atoms. The first kappa shape index (κ1) is 15.6. The maximum atomic E-state index is 12.2. The molecular formula is C17H17N3O2. The zero-order valence-corrected chi connectivity index (χ0v) is 12.5. The number of azo groups is 1. The van der Waals surface area contributed by atoms with Crippen LogP contribution < -0.4 is 5.32 Å². The number of carbonyl (C=O) groups is 2. The second-order valence-electron chi connectivity index (χ2n) is 4.87. The van der Waals surface area contributed by atoms with E-state index in [2.05, 4.69) is 15.5 Å². The van der Waals surface area contributed by atoms with Crippen molar-refractivity contribution in [3.05, 3.63) is 60.2 Å². The second-order valence-corrected chi connectivity index (χ2v) is 4.87. The van der Waals surface area contributed by atoms with Crippen molar-refractivity contribution in [2.24, 2.45) is 10.2 Å². The summed E-state index contributed by atoms with van der Waals surface area (Å²) in [6, 6.07) is 15.2. The van der Waals surface area contributed by atoms with Gasteiger partial charge in [-0.05, 0) is 37.6 Å². The predicted molar refractivity (Wildman–Crippen MR) is 85.2 cm³/mol. The van der Waals surface area contributed by atoms with Crippen molar-refractivity contribution in [2.75, 3.05) is 5.32 Å². The van der Waals surface area contributed by atoms with Crippen LogP contribution in [0.1, 0.15) is 12.5 Å². The fraction of sp³-hybridized carbons (Fsp3) is 0.176. The number of nitrogens with one attached hydrogen (secondary N) is 1. The standard InChI is InChI=1S/C17H17N3O2/c1-12-8-6-7-11-15(12)19-20-16(13(2)21)17(22)18-14-9-4-3-5-10-14/h3-11,16H,1-2H3,(H,18,22). The largest absolute Gasteiger partial charge is 0.324 e. The molecule has 1 amide bonds. The van der Waals surface area contributed by atoms with Gasteiger partial charge < -0.3 is 5.32 Å². The van der Waals surface area contributed by atoms with Gasteiger partial charge in [0.05, 0.1) is 5.69 Å². The van der Waals surface area contributed by atoms with Gasteiger partial charge in [-0.15, -0.1) is 0 Å². The number of carbonyl (C=O) groups excluding carboxylic acids is 2. The van der Waals surface area contributed by atoms with Crippen molar-refractivity contribution >= 4 is 23.1 Å². The molecule has 0 aliphatic carbocycles. The van der Waals surface area contributed by atoms with E-state index < -0.39 is 11.9 Å². The summed E-state index contributed by atoms with van der Waals surface area (Å²) in [4.78, 5) is 23.8. The molecule has 0 saturated carbocycles. The highest BCUT2D eigenvalue weighted by Crippen LogP contribution is 2.18. The summed E-state index contributed by atoms with van der Waals surface area (Å²) in [6.45, 7) is 3.22. The summed E-state index contributed by atoms with van der Waals surface area (Å²) in [5.74, 6) is -0.846. The van der Waals surface area contributed by atoms with E-state index in [1.54, 1.807) is 30.3 Å². The Morgan fingerprint density at radius 3 is 2.27 bits per heavy atom. The Labute approximate surface area is 129 Å². The van der Waals surface area contributed by atoms with Gasteiger partial charge in [-0.25, -0.2) is 0 Å². The minimum atomic E-state index is -1.15. The molecule has 0 aromatic heterocycles. The van der Waals surface area contributed by atoms with E-state index in [4.69, 9.17) is 0 Å². The molecule has 112 valence electrons. The predicted octanol–water partition coefficient (Wildman–Crippen LogP) is 3.68. The van der Waals surface area contributed by atoms with Crippen LogP contribution in [0.25, 0.3) is 0 Å². The summed E-state index contributed by atoms with van der Waals surface area (Å²) in [5, 5.41) is 10.6. The van der Waals surface area contributed by atoms with Crippen molar-refractivity contribution in [3.8, 4) is 0 Å². The van der Waals surface area contributed by atoms with Crippen LogP contribution in [-0.4, -0.2) is 17.7 Å². The number of anilines is 1. The Kier molecular flexibility index (Phi) is 5.14. The zero-order valence-electron chi connectivity index (χ0n) is 12.5. The molecule has 1 unspecified atom stereocenters. The van der Waals surface area contributed by atoms with Gasteiger partial charge in [0.2, 0.25) is 6.04 Å². The number of hydrogen-bond donors (Lipinski definition) is 1. The Hall–Kier alpha value is -2.82. The van der Waals surface area contributed by atoms with Crippen molar-refractivity contribution in [1.82, 2.24) is 0 Å². The smallest absolute Gasteiger partial charge is 0.258 e. The van der Waals surface area contributed by atoms with Crippen molar-refractivity contribution in [3.63, 3.8) is 0 Å². The molecule has 5 nitrogen and oxygen atoms in total. The number of nitrogens with zero attached hydrogens (tertiary/aromatic N) is 2. The summed E-state index contributed by atoms with van der Waals surface area (Å²) in [5.41, 5.74) is 2.18. The number of ketones is 1. The fourth-order valence-corrected chi connectivity index (χ4v) is 1.85. The molecule has 0 aliphatic heterocycles. The van der Waals surface area contributed by atoms with E-state index >= 15 is 0 Å². The average Bonchev–Trinajstić information content (AvgIpc) is 2.50. The van der Waals surface area contributed by atoms with Gasteiger partial charge in [-0.3, -0.25) is 9.59 Å². The van der Waals surface area contributed by atoms with Crippen LogP contribution in [0.5, 0.6) is 0 Å². The minimum Gasteiger partial charge on any atom is -0.324 e. The summed E-state index contributed by atoms with van der Waals surface area (Å²) in [6.07, 6.45) is 0. The van der Waals surface area contributed by atoms with Crippen LogP contribution in [0.2, 0.25) is 0 Å². The van der Waals surface area contributed by atoms with Gasteiger partial charge >= 0.3 is 0 Å². The molecule has 5 heteroatoms. The number of hydrogen-bond acceptors (Lipinski definition) is 4. The SMILES string of the molecule is CC(=O)C(N=Nc1ccccc1C)C(=O)Nc1ccccc1. The van der Waals surface area contributed by atoms with Crippen molar-refractivity contribution in [2.45, 2.75) is 19.9 Å². The summed E-state index contributed by atoms with van der Waals surface area (Å²) in [7, 11) is 0. The zero-order chi connectivity index (χ0) is 15.9. The first-order valence-electron chi connectivity index (χ1n) is 6.91. The fourth-order valence-electron chi connectivity index (χ4n) is 1.85. The van der Waals surface area contributed by atoms with Crippen LogP contribution in [-0.2, 0) is 9.59 Å². The van der Waals surface area contributed by atoms with Gasteiger partial charge in [0.15, 0.2) is 5.78 Å². The molecule has 0 fully saturated rings. The molecular weight excluding hydrogens is 278 g/mol. The molecule has 0 saturated heterocycles. The number of benzene rings is 2. The van der Waals surface area contributed by atoms with Crippen LogP contribution in [0.15, 0.2) is 64.8 Å². The van der Waals surface area contributed by atoms with Crippen LogP contribution in [0.4, 0.5) is 11.4 Å². The first-order chi connectivity index (χ1) is 10.6. The summed E-state index contributed by atoms with van der Waals surface area (Å²) >= 11 is 0. The molecule has 0 heterocycles. The normalized spacial score (nSPS) is 12.1. The monoisotopic (exact) mass is 295 g/mol. The highest BCUT2D eigenvalue weighted by Gasteiger charge is 2.23. The van der Waals surface area contributed by atoms with Crippen LogP contribution in [0, 0.1) is 6.92 Å². The average molecular weight is 295 g/mol. The highest BCUT2D eigenvalue weighted by atomic mass is 16.2. The maximum Gasteiger partial charge on any atom is 0.258 e. The quantitative estimate of drug-likeness (QED) is 0.675. The lowest BCUT2D eigenvalue weighted by Gasteiger charge is -2.09. The highest BCUT2D eigenvalue weighted by molar-refractivity contribution is 6.10. The van der Waals surface area contributed by atoms with Gasteiger partial charge in [-0.2, -0.15) is 10.2 Å². The van der Waals surface area contributed by atoms with E-state index in [1.807, 2.05) is 31.2 Å². The number of aryl methyl sites for hydroxylation is 1. The summed E-state index contributed by atoms with van der Waals surface area (Å²) < 4.78 is 0. The molecule has 0 aliphatic rings. The second kappa shape index (κ2) is 7.26. The minimum absolute atomic E-state index is 0.356. The maximum absolute atomic E-state index is 12.2. The number of rotatable bonds is 5. The Morgan fingerprint density at radius 1 is 1.00 bits per heavy atom. The lowest BCUT2D eigenvalue weighted by molar-refractivity contribution is -0.126. The number of Topliss-reactive ketones (excluding diaryl/α,β-unsaturated/α-hetero) is 1. The van der Waals surface area contributed by atoms with E-state index in [1.165, 1.54) is 6.92 Å². The van der Waals surface area contributed by atoms with E-state index in [0.717, 1.165) is 5.56 Å². The van der Waals surface area contributed by atoms with Gasteiger partial charge in [-0.1, -0.05) is 36.4 Å². The van der Waals surface area contributed by atoms with E-state index in [0.29, 0.717) is 11.4 Å². The molecule has 2 rings (SSSR count). The third kappa shape index (κ3) is 4.09. The molecule has 2 aromatic rings. The molecule has 1 atom stereocenters. The third-order valence-electron chi connectivity index (χ3n) is 3.07. The number of amides is 1. The Morgan fingerprint density at radius 2 is 1.64 bits per heavy atom. The molecule has 0 radical (unpaired) electrons. The lowest BCUT2D eigenvalue weighted by atomic mass is 10.2. The van der Waals surface area contributed by atoms with Gasteiger partial charge in [0, 0.05) is 5.69 Å².